The van der Waals surface area contributed by atoms with Gasteiger partial charge >= 0.3 is 0 Å². The Morgan fingerprint density at radius 1 is 1.21 bits per heavy atom. The van der Waals surface area contributed by atoms with E-state index in [1.807, 2.05) is 0 Å². The number of nitrogens with one attached hydrogen (secondary N) is 1. The minimum Gasteiger partial charge on any atom is -0.497 e. The topological polar surface area (TPSA) is 21.3 Å². The van der Waals surface area contributed by atoms with Gasteiger partial charge in [0, 0.05) is 6.04 Å². The van der Waals surface area contributed by atoms with Crippen LogP contribution in [0.3, 0.4) is 0 Å². The second kappa shape index (κ2) is 6.42. The number of hydrogen-bond acceptors (Lipinski definition) is 2. The maximum atomic E-state index is 5.26. The molecule has 19 heavy (non-hydrogen) atoms. The van der Waals surface area contributed by atoms with E-state index in [0.717, 1.165) is 12.3 Å². The quantitative estimate of drug-likeness (QED) is 0.823. The Bertz CT molecular complexity index is 379. The van der Waals surface area contributed by atoms with Crippen LogP contribution in [0.4, 0.5) is 0 Å². The Morgan fingerprint density at radius 2 is 1.84 bits per heavy atom. The van der Waals surface area contributed by atoms with Crippen molar-refractivity contribution in [3.63, 3.8) is 0 Å². The molecule has 1 aliphatic carbocycles. The number of benzene rings is 1. The van der Waals surface area contributed by atoms with Crippen molar-refractivity contribution in [3.05, 3.63) is 29.8 Å². The summed E-state index contributed by atoms with van der Waals surface area (Å²) in [4.78, 5) is 0. The molecule has 2 rings (SSSR count). The zero-order valence-electron chi connectivity index (χ0n) is 12.5. The van der Waals surface area contributed by atoms with Gasteiger partial charge in [0.05, 0.1) is 7.11 Å². The molecule has 2 heteroatoms. The van der Waals surface area contributed by atoms with E-state index >= 15 is 0 Å². The molecule has 0 bridgehead atoms. The highest BCUT2D eigenvalue weighted by molar-refractivity contribution is 5.30. The molecule has 0 heterocycles. The van der Waals surface area contributed by atoms with Crippen LogP contribution in [0.15, 0.2) is 24.3 Å². The molecular weight excluding hydrogens is 234 g/mol. The minimum absolute atomic E-state index is 0.407. The largest absolute Gasteiger partial charge is 0.497 e. The summed E-state index contributed by atoms with van der Waals surface area (Å²) in [6, 6.07) is 9.06. The number of rotatable bonds is 6. The molecule has 1 saturated carbocycles. The summed E-state index contributed by atoms with van der Waals surface area (Å²) in [7, 11) is 1.72. The molecule has 106 valence electrons. The third-order valence-corrected chi connectivity index (χ3v) is 4.49. The van der Waals surface area contributed by atoms with Gasteiger partial charge in [-0.05, 0) is 48.9 Å². The predicted molar refractivity (Wildman–Crippen MR) is 80.6 cm³/mol. The molecule has 0 saturated heterocycles. The first kappa shape index (κ1) is 14.4. The molecule has 0 aromatic heterocycles. The van der Waals surface area contributed by atoms with Gasteiger partial charge < -0.3 is 10.1 Å². The van der Waals surface area contributed by atoms with Crippen molar-refractivity contribution in [2.45, 2.75) is 52.0 Å². The maximum Gasteiger partial charge on any atom is 0.118 e. The fourth-order valence-electron chi connectivity index (χ4n) is 3.32. The lowest BCUT2D eigenvalue weighted by Crippen LogP contribution is -2.35. The molecule has 1 aliphatic rings. The molecule has 1 fully saturated rings. The van der Waals surface area contributed by atoms with Gasteiger partial charge in [-0.3, -0.25) is 0 Å². The fraction of sp³-hybridized carbons (Fsp3) is 0.647. The van der Waals surface area contributed by atoms with Gasteiger partial charge in [0.25, 0.3) is 0 Å². The normalized spacial score (nSPS) is 19.3. The Hall–Kier alpha value is -1.02. The average molecular weight is 261 g/mol. The van der Waals surface area contributed by atoms with Crippen molar-refractivity contribution < 1.29 is 4.74 Å². The van der Waals surface area contributed by atoms with Gasteiger partial charge in [0.2, 0.25) is 0 Å². The third kappa shape index (κ3) is 3.30. The molecule has 0 aliphatic heterocycles. The van der Waals surface area contributed by atoms with Gasteiger partial charge in [-0.15, -0.1) is 0 Å². The highest BCUT2D eigenvalue weighted by Crippen LogP contribution is 2.47. The van der Waals surface area contributed by atoms with Crippen molar-refractivity contribution in [1.29, 1.82) is 0 Å². The zero-order chi connectivity index (χ0) is 13.7. The third-order valence-electron chi connectivity index (χ3n) is 4.49. The summed E-state index contributed by atoms with van der Waals surface area (Å²) in [6.45, 7) is 5.76. The maximum absolute atomic E-state index is 5.26. The van der Waals surface area contributed by atoms with Gasteiger partial charge in [-0.2, -0.15) is 0 Å². The van der Waals surface area contributed by atoms with Crippen LogP contribution in [0.25, 0.3) is 0 Å². The van der Waals surface area contributed by atoms with Crippen LogP contribution in [0, 0.1) is 5.41 Å². The van der Waals surface area contributed by atoms with E-state index in [9.17, 15) is 0 Å². The summed E-state index contributed by atoms with van der Waals surface area (Å²) >= 11 is 0. The molecule has 1 N–H and O–H groups in total. The molecule has 0 spiro atoms. The molecule has 1 unspecified atom stereocenters. The van der Waals surface area contributed by atoms with Gasteiger partial charge in [-0.25, -0.2) is 0 Å². The SMILES string of the molecule is CCCNC(c1ccc(OC)cc1)C1(C)CCCC1. The summed E-state index contributed by atoms with van der Waals surface area (Å²) in [5.41, 5.74) is 1.81. The first-order chi connectivity index (χ1) is 9.19. The molecule has 1 atom stereocenters. The summed E-state index contributed by atoms with van der Waals surface area (Å²) in [5, 5.41) is 3.76. The van der Waals surface area contributed by atoms with Crippen LogP contribution < -0.4 is 10.1 Å². The van der Waals surface area contributed by atoms with Crippen molar-refractivity contribution in [1.82, 2.24) is 5.32 Å². The summed E-state index contributed by atoms with van der Waals surface area (Å²) in [6.07, 6.45) is 6.59. The molecular formula is C17H27NO. The van der Waals surface area contributed by atoms with E-state index in [4.69, 9.17) is 4.74 Å². The van der Waals surface area contributed by atoms with E-state index in [2.05, 4.69) is 43.4 Å². The molecule has 0 radical (unpaired) electrons. The van der Waals surface area contributed by atoms with Crippen LogP contribution in [-0.4, -0.2) is 13.7 Å². The van der Waals surface area contributed by atoms with Crippen molar-refractivity contribution in [2.24, 2.45) is 5.41 Å². The summed E-state index contributed by atoms with van der Waals surface area (Å²) in [5.74, 6) is 0.939. The fourth-order valence-corrected chi connectivity index (χ4v) is 3.32. The average Bonchev–Trinajstić information content (AvgIpc) is 2.87. The van der Waals surface area contributed by atoms with Crippen molar-refractivity contribution >= 4 is 0 Å². The Kier molecular flexibility index (Phi) is 4.87. The lowest BCUT2D eigenvalue weighted by atomic mass is 9.77. The van der Waals surface area contributed by atoms with E-state index in [1.54, 1.807) is 7.11 Å². The zero-order valence-corrected chi connectivity index (χ0v) is 12.5. The molecule has 1 aromatic rings. The smallest absolute Gasteiger partial charge is 0.118 e. The Labute approximate surface area is 117 Å². The second-order valence-corrected chi connectivity index (χ2v) is 6.02. The molecule has 2 nitrogen and oxygen atoms in total. The first-order valence-electron chi connectivity index (χ1n) is 7.57. The Balaban J connectivity index is 2.20. The Morgan fingerprint density at radius 3 is 2.37 bits per heavy atom. The van der Waals surface area contributed by atoms with Crippen molar-refractivity contribution in [2.75, 3.05) is 13.7 Å². The predicted octanol–water partition coefficient (Wildman–Crippen LogP) is 4.32. The highest BCUT2D eigenvalue weighted by Gasteiger charge is 2.37. The number of hydrogen-bond donors (Lipinski definition) is 1. The van der Waals surface area contributed by atoms with Crippen LogP contribution in [0.5, 0.6) is 5.75 Å². The first-order valence-corrected chi connectivity index (χ1v) is 7.57. The van der Waals surface area contributed by atoms with E-state index in [0.29, 0.717) is 11.5 Å². The lowest BCUT2D eigenvalue weighted by Gasteiger charge is -2.35. The summed E-state index contributed by atoms with van der Waals surface area (Å²) < 4.78 is 5.26. The minimum atomic E-state index is 0.407. The molecule has 0 amide bonds. The number of methoxy groups -OCH3 is 1. The highest BCUT2D eigenvalue weighted by atomic mass is 16.5. The standard InChI is InChI=1S/C17H27NO/c1-4-13-18-16(17(2)11-5-6-12-17)14-7-9-15(19-3)10-8-14/h7-10,16,18H,4-6,11-13H2,1-3H3. The van der Waals surface area contributed by atoms with E-state index in [-0.39, 0.29) is 0 Å². The molecule has 1 aromatic carbocycles. The van der Waals surface area contributed by atoms with Crippen LogP contribution in [0.1, 0.15) is 57.6 Å². The second-order valence-electron chi connectivity index (χ2n) is 6.02. The van der Waals surface area contributed by atoms with Gasteiger partial charge in [0.15, 0.2) is 0 Å². The van der Waals surface area contributed by atoms with E-state index in [1.165, 1.54) is 37.7 Å². The van der Waals surface area contributed by atoms with Gasteiger partial charge in [0.1, 0.15) is 5.75 Å². The monoisotopic (exact) mass is 261 g/mol. The van der Waals surface area contributed by atoms with E-state index < -0.39 is 0 Å². The van der Waals surface area contributed by atoms with Crippen LogP contribution >= 0.6 is 0 Å². The van der Waals surface area contributed by atoms with Crippen molar-refractivity contribution in [3.8, 4) is 5.75 Å². The van der Waals surface area contributed by atoms with Gasteiger partial charge in [-0.1, -0.05) is 38.8 Å². The van der Waals surface area contributed by atoms with Crippen LogP contribution in [0.2, 0.25) is 0 Å². The van der Waals surface area contributed by atoms with Crippen LogP contribution in [-0.2, 0) is 0 Å². The lowest BCUT2D eigenvalue weighted by molar-refractivity contribution is 0.223. The number of ether oxygens (including phenoxy) is 1.